The Hall–Kier alpha value is -0.480. The Balaban J connectivity index is 2.45. The Bertz CT molecular complexity index is 184. The quantitative estimate of drug-likeness (QED) is 0.541. The number of hydrogen-bond donors (Lipinski definition) is 0. The van der Waals surface area contributed by atoms with Crippen molar-refractivity contribution in [1.29, 1.82) is 0 Å². The molecule has 1 aliphatic rings. The van der Waals surface area contributed by atoms with Gasteiger partial charge in [-0.15, -0.1) is 5.73 Å². The van der Waals surface area contributed by atoms with Crippen molar-refractivity contribution in [3.8, 4) is 0 Å². The van der Waals surface area contributed by atoms with E-state index in [0.29, 0.717) is 0 Å². The van der Waals surface area contributed by atoms with Gasteiger partial charge in [0.15, 0.2) is 0 Å². The fourth-order valence-corrected chi connectivity index (χ4v) is 1.83. The summed E-state index contributed by atoms with van der Waals surface area (Å²) in [6.07, 6.45) is 2.77. The summed E-state index contributed by atoms with van der Waals surface area (Å²) in [6, 6.07) is 0. The van der Waals surface area contributed by atoms with Gasteiger partial charge in [0.1, 0.15) is 0 Å². The number of allylic oxidation sites excluding steroid dienone is 1. The first kappa shape index (κ1) is 8.62. The van der Waals surface area contributed by atoms with Crippen LogP contribution in [0.15, 0.2) is 17.9 Å². The lowest BCUT2D eigenvalue weighted by atomic mass is 9.96. The maximum Gasteiger partial charge on any atom is -0.0127 e. The first-order valence-electron chi connectivity index (χ1n) is 4.57. The molecule has 0 aromatic rings. The Kier molecular flexibility index (Phi) is 2.57. The molecule has 0 saturated heterocycles. The summed E-state index contributed by atoms with van der Waals surface area (Å²) in [6.45, 7) is 10.4. The van der Waals surface area contributed by atoms with E-state index < -0.39 is 0 Å². The van der Waals surface area contributed by atoms with Crippen LogP contribution in [0.2, 0.25) is 0 Å². The van der Waals surface area contributed by atoms with Crippen molar-refractivity contribution in [1.82, 2.24) is 0 Å². The normalized spacial score (nSPS) is 30.8. The van der Waals surface area contributed by atoms with Gasteiger partial charge in [-0.05, 0) is 36.7 Å². The Morgan fingerprint density at radius 3 is 2.73 bits per heavy atom. The van der Waals surface area contributed by atoms with E-state index in [1.165, 1.54) is 18.4 Å². The molecule has 0 spiro atoms. The zero-order chi connectivity index (χ0) is 8.43. The molecule has 1 fully saturated rings. The maximum absolute atomic E-state index is 3.68. The van der Waals surface area contributed by atoms with Crippen molar-refractivity contribution in [2.75, 3.05) is 0 Å². The predicted octanol–water partition coefficient (Wildman–Crippen LogP) is 3.40. The van der Waals surface area contributed by atoms with E-state index in [9.17, 15) is 0 Å². The van der Waals surface area contributed by atoms with Crippen LogP contribution >= 0.6 is 0 Å². The molecule has 0 aromatic heterocycles. The number of rotatable bonds is 3. The average Bonchev–Trinajstić information content (AvgIpc) is 2.80. The third-order valence-electron chi connectivity index (χ3n) is 3.11. The molecule has 3 unspecified atom stereocenters. The standard InChI is InChI=1S/C11H18/c1-5-8(3)9(4)11-7-10(11)6-2/h9-11H,1,6-7H2,2-4H3. The van der Waals surface area contributed by atoms with Gasteiger partial charge in [-0.2, -0.15) is 0 Å². The van der Waals surface area contributed by atoms with Gasteiger partial charge in [0.25, 0.3) is 0 Å². The third kappa shape index (κ3) is 1.75. The minimum Gasteiger partial charge on any atom is -0.130 e. The molecule has 1 saturated carbocycles. The monoisotopic (exact) mass is 150 g/mol. The van der Waals surface area contributed by atoms with Gasteiger partial charge in [0, 0.05) is 0 Å². The van der Waals surface area contributed by atoms with Gasteiger partial charge >= 0.3 is 0 Å². The van der Waals surface area contributed by atoms with E-state index in [4.69, 9.17) is 0 Å². The van der Waals surface area contributed by atoms with Crippen LogP contribution in [0.5, 0.6) is 0 Å². The van der Waals surface area contributed by atoms with Crippen LogP contribution in [-0.2, 0) is 0 Å². The van der Waals surface area contributed by atoms with Crippen molar-refractivity contribution in [3.05, 3.63) is 17.9 Å². The van der Waals surface area contributed by atoms with Gasteiger partial charge in [0.2, 0.25) is 0 Å². The molecule has 0 heterocycles. The fourth-order valence-electron chi connectivity index (χ4n) is 1.83. The van der Waals surface area contributed by atoms with E-state index >= 15 is 0 Å². The zero-order valence-corrected chi connectivity index (χ0v) is 7.85. The maximum atomic E-state index is 3.68. The Morgan fingerprint density at radius 2 is 2.36 bits per heavy atom. The summed E-state index contributed by atoms with van der Waals surface area (Å²) < 4.78 is 0. The minimum atomic E-state index is 0.720. The smallest absolute Gasteiger partial charge is 0.0127 e. The summed E-state index contributed by atoms with van der Waals surface area (Å²) >= 11 is 0. The summed E-state index contributed by atoms with van der Waals surface area (Å²) in [5.74, 6) is 2.65. The van der Waals surface area contributed by atoms with Crippen LogP contribution in [0.25, 0.3) is 0 Å². The third-order valence-corrected chi connectivity index (χ3v) is 3.11. The van der Waals surface area contributed by atoms with Crippen LogP contribution in [0.3, 0.4) is 0 Å². The second kappa shape index (κ2) is 3.28. The molecule has 1 aliphatic carbocycles. The van der Waals surface area contributed by atoms with E-state index in [-0.39, 0.29) is 0 Å². The largest absolute Gasteiger partial charge is 0.130 e. The summed E-state index contributed by atoms with van der Waals surface area (Å²) in [4.78, 5) is 0. The van der Waals surface area contributed by atoms with Crippen LogP contribution in [0, 0.1) is 17.8 Å². The lowest BCUT2D eigenvalue weighted by Crippen LogP contribution is -1.99. The van der Waals surface area contributed by atoms with Gasteiger partial charge in [-0.1, -0.05) is 26.8 Å². The number of hydrogen-bond acceptors (Lipinski definition) is 0. The molecular weight excluding hydrogens is 132 g/mol. The van der Waals surface area contributed by atoms with Crippen molar-refractivity contribution in [2.45, 2.75) is 33.6 Å². The molecule has 0 amide bonds. The van der Waals surface area contributed by atoms with Crippen LogP contribution < -0.4 is 0 Å². The molecule has 3 atom stereocenters. The summed E-state index contributed by atoms with van der Waals surface area (Å²) in [7, 11) is 0. The highest BCUT2D eigenvalue weighted by Gasteiger charge is 2.39. The molecule has 0 N–H and O–H groups in total. The molecule has 1 rings (SSSR count). The molecule has 0 radical (unpaired) electrons. The second-order valence-electron chi connectivity index (χ2n) is 3.72. The van der Waals surface area contributed by atoms with E-state index in [2.05, 4.69) is 33.1 Å². The molecule has 0 aliphatic heterocycles. The van der Waals surface area contributed by atoms with Crippen molar-refractivity contribution in [2.24, 2.45) is 17.8 Å². The average molecular weight is 150 g/mol. The first-order valence-corrected chi connectivity index (χ1v) is 4.57. The molecule has 62 valence electrons. The SMILES string of the molecule is C=C=C(C)C(C)C1CC1CC. The molecule has 11 heavy (non-hydrogen) atoms. The summed E-state index contributed by atoms with van der Waals surface area (Å²) in [5, 5.41) is 0. The fraction of sp³-hybridized carbons (Fsp3) is 0.727. The van der Waals surface area contributed by atoms with E-state index in [1.54, 1.807) is 0 Å². The van der Waals surface area contributed by atoms with E-state index in [1.807, 2.05) is 0 Å². The predicted molar refractivity (Wildman–Crippen MR) is 49.4 cm³/mol. The Labute approximate surface area is 70.0 Å². The first-order chi connectivity index (χ1) is 5.20. The van der Waals surface area contributed by atoms with Crippen LogP contribution in [0.1, 0.15) is 33.6 Å². The molecule has 0 nitrogen and oxygen atoms in total. The van der Waals surface area contributed by atoms with Crippen molar-refractivity contribution in [3.63, 3.8) is 0 Å². The minimum absolute atomic E-state index is 0.720. The van der Waals surface area contributed by atoms with Crippen LogP contribution in [0.4, 0.5) is 0 Å². The molecule has 0 aromatic carbocycles. The second-order valence-corrected chi connectivity index (χ2v) is 3.72. The highest BCUT2D eigenvalue weighted by molar-refractivity contribution is 5.06. The highest BCUT2D eigenvalue weighted by atomic mass is 14.4. The molecule has 0 bridgehead atoms. The van der Waals surface area contributed by atoms with Crippen molar-refractivity contribution < 1.29 is 0 Å². The zero-order valence-electron chi connectivity index (χ0n) is 7.85. The molecule has 0 heteroatoms. The van der Waals surface area contributed by atoms with E-state index in [0.717, 1.165) is 17.8 Å². The van der Waals surface area contributed by atoms with Crippen molar-refractivity contribution >= 4 is 0 Å². The molecular formula is C11H18. The van der Waals surface area contributed by atoms with Gasteiger partial charge < -0.3 is 0 Å². The van der Waals surface area contributed by atoms with Gasteiger partial charge in [-0.3, -0.25) is 0 Å². The highest BCUT2D eigenvalue weighted by Crippen LogP contribution is 2.48. The lowest BCUT2D eigenvalue weighted by molar-refractivity contribution is 0.535. The Morgan fingerprint density at radius 1 is 1.73 bits per heavy atom. The van der Waals surface area contributed by atoms with Gasteiger partial charge in [0.05, 0.1) is 0 Å². The van der Waals surface area contributed by atoms with Crippen LogP contribution in [-0.4, -0.2) is 0 Å². The van der Waals surface area contributed by atoms with Gasteiger partial charge in [-0.25, -0.2) is 0 Å². The topological polar surface area (TPSA) is 0 Å². The lowest BCUT2D eigenvalue weighted by Gasteiger charge is -2.08. The summed E-state index contributed by atoms with van der Waals surface area (Å²) in [5.41, 5.74) is 4.34.